The van der Waals surface area contributed by atoms with Crippen LogP contribution < -0.4 is 10.9 Å². The van der Waals surface area contributed by atoms with Crippen molar-refractivity contribution in [3.05, 3.63) is 40.4 Å². The molecule has 0 radical (unpaired) electrons. The topological polar surface area (TPSA) is 87.8 Å². The van der Waals surface area contributed by atoms with Crippen molar-refractivity contribution in [3.63, 3.8) is 0 Å². The molecule has 1 aromatic carbocycles. The summed E-state index contributed by atoms with van der Waals surface area (Å²) in [7, 11) is 0. The first-order valence-electron chi connectivity index (χ1n) is 7.61. The second-order valence-electron chi connectivity index (χ2n) is 6.29. The second kappa shape index (κ2) is 5.51. The van der Waals surface area contributed by atoms with Gasteiger partial charge in [-0.2, -0.15) is 5.26 Å². The number of carbonyl (C=O) groups excluding carboxylic acids is 1. The predicted octanol–water partition coefficient (Wildman–Crippen LogP) is 1.51. The van der Waals surface area contributed by atoms with E-state index >= 15 is 0 Å². The van der Waals surface area contributed by atoms with Crippen LogP contribution in [0.1, 0.15) is 25.3 Å². The van der Waals surface area contributed by atoms with Crippen LogP contribution in [0.15, 0.2) is 29.3 Å². The van der Waals surface area contributed by atoms with E-state index in [0.29, 0.717) is 10.9 Å². The molecule has 1 N–H and O–H groups in total. The summed E-state index contributed by atoms with van der Waals surface area (Å²) >= 11 is 0. The number of rotatable bonds is 4. The van der Waals surface area contributed by atoms with Gasteiger partial charge in [-0.15, -0.1) is 0 Å². The Kier molecular flexibility index (Phi) is 3.64. The summed E-state index contributed by atoms with van der Waals surface area (Å²) in [5, 5.41) is 12.5. The molecule has 6 heteroatoms. The summed E-state index contributed by atoms with van der Waals surface area (Å²) in [5.41, 5.74) is 0.455. The number of benzene rings is 1. The SMILES string of the molecule is Cc1cccc2c(=O)n(CC(=O)NC(C)(C#N)C3CC3)cnc12. The number of hydrogen-bond acceptors (Lipinski definition) is 4. The van der Waals surface area contributed by atoms with Gasteiger partial charge in [0.2, 0.25) is 5.91 Å². The average Bonchev–Trinajstić information content (AvgIpc) is 3.36. The number of fused-ring (bicyclic) bond motifs is 1. The Hall–Kier alpha value is -2.68. The molecule has 1 fully saturated rings. The summed E-state index contributed by atoms with van der Waals surface area (Å²) in [6.45, 7) is 3.48. The zero-order valence-electron chi connectivity index (χ0n) is 13.2. The summed E-state index contributed by atoms with van der Waals surface area (Å²) in [6, 6.07) is 7.56. The summed E-state index contributed by atoms with van der Waals surface area (Å²) in [6.07, 6.45) is 3.28. The minimum atomic E-state index is -0.860. The number of hydrogen-bond donors (Lipinski definition) is 1. The first-order valence-corrected chi connectivity index (χ1v) is 7.61. The zero-order chi connectivity index (χ0) is 16.6. The molecular formula is C17H18N4O2. The third-order valence-electron chi connectivity index (χ3n) is 4.39. The van der Waals surface area contributed by atoms with Crippen LogP contribution in [0.25, 0.3) is 10.9 Å². The number of amides is 1. The number of carbonyl (C=O) groups is 1. The third-order valence-corrected chi connectivity index (χ3v) is 4.39. The van der Waals surface area contributed by atoms with Crippen molar-refractivity contribution in [2.75, 3.05) is 0 Å². The van der Waals surface area contributed by atoms with E-state index in [2.05, 4.69) is 16.4 Å². The van der Waals surface area contributed by atoms with Gasteiger partial charge in [0, 0.05) is 0 Å². The van der Waals surface area contributed by atoms with Gasteiger partial charge in [-0.3, -0.25) is 14.2 Å². The molecular weight excluding hydrogens is 292 g/mol. The molecule has 1 aliphatic rings. The van der Waals surface area contributed by atoms with Crippen molar-refractivity contribution >= 4 is 16.8 Å². The Bertz CT molecular complexity index is 876. The Morgan fingerprint density at radius 3 is 2.91 bits per heavy atom. The fourth-order valence-electron chi connectivity index (χ4n) is 2.82. The van der Waals surface area contributed by atoms with Crippen molar-refractivity contribution in [2.45, 2.75) is 38.8 Å². The molecule has 23 heavy (non-hydrogen) atoms. The largest absolute Gasteiger partial charge is 0.336 e. The standard InChI is InChI=1S/C17H18N4O2/c1-11-4-3-5-13-15(11)19-10-21(16(13)23)8-14(22)20-17(2,9-18)12-6-7-12/h3-5,10,12H,6-8H2,1-2H3,(H,20,22). The molecule has 1 atom stereocenters. The number of nitriles is 1. The highest BCUT2D eigenvalue weighted by atomic mass is 16.2. The lowest BCUT2D eigenvalue weighted by Gasteiger charge is -2.23. The molecule has 6 nitrogen and oxygen atoms in total. The molecule has 3 rings (SSSR count). The fourth-order valence-corrected chi connectivity index (χ4v) is 2.82. The van der Waals surface area contributed by atoms with Gasteiger partial charge < -0.3 is 5.32 Å². The van der Waals surface area contributed by atoms with Crippen molar-refractivity contribution < 1.29 is 4.79 Å². The van der Waals surface area contributed by atoms with E-state index < -0.39 is 5.54 Å². The van der Waals surface area contributed by atoms with E-state index in [9.17, 15) is 14.9 Å². The Balaban J connectivity index is 1.84. The summed E-state index contributed by atoms with van der Waals surface area (Å²) in [5.74, 6) is -0.151. The molecule has 1 amide bonds. The first-order chi connectivity index (χ1) is 10.9. The quantitative estimate of drug-likeness (QED) is 0.927. The lowest BCUT2D eigenvalue weighted by atomic mass is 9.98. The maximum Gasteiger partial charge on any atom is 0.261 e. The van der Waals surface area contributed by atoms with Crippen molar-refractivity contribution in [2.24, 2.45) is 5.92 Å². The van der Waals surface area contributed by atoms with Crippen molar-refractivity contribution in [3.8, 4) is 6.07 Å². The van der Waals surface area contributed by atoms with Gasteiger partial charge in [-0.1, -0.05) is 12.1 Å². The predicted molar refractivity (Wildman–Crippen MR) is 85.6 cm³/mol. The molecule has 1 aliphatic carbocycles. The summed E-state index contributed by atoms with van der Waals surface area (Å²) < 4.78 is 1.28. The number of aryl methyl sites for hydroxylation is 1. The number of nitrogens with zero attached hydrogens (tertiary/aromatic N) is 3. The number of para-hydroxylation sites is 1. The zero-order valence-corrected chi connectivity index (χ0v) is 13.2. The van der Waals surface area contributed by atoms with Crippen LogP contribution >= 0.6 is 0 Å². The Morgan fingerprint density at radius 1 is 1.52 bits per heavy atom. The summed E-state index contributed by atoms with van der Waals surface area (Å²) in [4.78, 5) is 29.0. The molecule has 1 unspecified atom stereocenters. The van der Waals surface area contributed by atoms with Crippen molar-refractivity contribution in [1.29, 1.82) is 5.26 Å². The monoisotopic (exact) mass is 310 g/mol. The van der Waals surface area contributed by atoms with Crippen LogP contribution in [0.3, 0.4) is 0 Å². The normalized spacial score (nSPS) is 16.6. The lowest BCUT2D eigenvalue weighted by Crippen LogP contribution is -2.48. The van der Waals surface area contributed by atoms with Gasteiger partial charge in [0.05, 0.1) is 23.3 Å². The maximum absolute atomic E-state index is 12.5. The van der Waals surface area contributed by atoms with E-state index in [0.717, 1.165) is 18.4 Å². The highest BCUT2D eigenvalue weighted by molar-refractivity contribution is 5.81. The van der Waals surface area contributed by atoms with E-state index in [4.69, 9.17) is 0 Å². The van der Waals surface area contributed by atoms with Gasteiger partial charge in [0.25, 0.3) is 5.56 Å². The fraction of sp³-hybridized carbons (Fsp3) is 0.412. The lowest BCUT2D eigenvalue weighted by molar-refractivity contribution is -0.123. The van der Waals surface area contributed by atoms with Gasteiger partial charge in [0.15, 0.2) is 0 Å². The molecule has 2 aromatic rings. The molecule has 1 heterocycles. The third kappa shape index (κ3) is 2.82. The van der Waals surface area contributed by atoms with Crippen LogP contribution in [0, 0.1) is 24.2 Å². The van der Waals surface area contributed by atoms with Crippen LogP contribution in [0.4, 0.5) is 0 Å². The molecule has 0 spiro atoms. The van der Waals surface area contributed by atoms with Gasteiger partial charge in [0.1, 0.15) is 12.1 Å². The highest BCUT2D eigenvalue weighted by Gasteiger charge is 2.43. The van der Waals surface area contributed by atoms with Gasteiger partial charge in [-0.25, -0.2) is 4.98 Å². The van der Waals surface area contributed by atoms with Crippen LogP contribution in [0.2, 0.25) is 0 Å². The van der Waals surface area contributed by atoms with Crippen LogP contribution in [-0.2, 0) is 11.3 Å². The highest BCUT2D eigenvalue weighted by Crippen LogP contribution is 2.39. The molecule has 0 bridgehead atoms. The first kappa shape index (κ1) is 15.2. The molecule has 118 valence electrons. The Labute approximate surface area is 133 Å². The van der Waals surface area contributed by atoms with Crippen molar-refractivity contribution in [1.82, 2.24) is 14.9 Å². The van der Waals surface area contributed by atoms with Crippen LogP contribution in [-0.4, -0.2) is 21.0 Å². The number of nitrogens with one attached hydrogen (secondary N) is 1. The van der Waals surface area contributed by atoms with E-state index in [1.54, 1.807) is 19.1 Å². The number of aromatic nitrogens is 2. The smallest absolute Gasteiger partial charge is 0.261 e. The minimum absolute atomic E-state index is 0.139. The molecule has 1 saturated carbocycles. The molecule has 0 aliphatic heterocycles. The molecule has 0 saturated heterocycles. The van der Waals surface area contributed by atoms with E-state index in [-0.39, 0.29) is 23.9 Å². The Morgan fingerprint density at radius 2 is 2.26 bits per heavy atom. The average molecular weight is 310 g/mol. The van der Waals surface area contributed by atoms with E-state index in [1.165, 1.54) is 10.9 Å². The minimum Gasteiger partial charge on any atom is -0.336 e. The van der Waals surface area contributed by atoms with Crippen LogP contribution in [0.5, 0.6) is 0 Å². The second-order valence-corrected chi connectivity index (χ2v) is 6.29. The van der Waals surface area contributed by atoms with Gasteiger partial charge >= 0.3 is 0 Å². The van der Waals surface area contributed by atoms with Gasteiger partial charge in [-0.05, 0) is 44.2 Å². The molecule has 1 aromatic heterocycles. The maximum atomic E-state index is 12.5. The van der Waals surface area contributed by atoms with E-state index in [1.807, 2.05) is 13.0 Å².